The monoisotopic (exact) mass is 441 g/mol. The third-order valence-electron chi connectivity index (χ3n) is 7.35. The first-order valence-electron chi connectivity index (χ1n) is 11.9. The van der Waals surface area contributed by atoms with Crippen LogP contribution in [0.4, 0.5) is 0 Å². The Bertz CT molecular complexity index is 1180. The van der Waals surface area contributed by atoms with Crippen molar-refractivity contribution in [3.8, 4) is 11.3 Å². The van der Waals surface area contributed by atoms with Crippen LogP contribution >= 0.6 is 0 Å². The van der Waals surface area contributed by atoms with Crippen molar-refractivity contribution in [1.82, 2.24) is 14.8 Å². The molecule has 5 nitrogen and oxygen atoms in total. The fraction of sp³-hybridized carbons (Fsp3) is 0.357. The van der Waals surface area contributed by atoms with Crippen molar-refractivity contribution < 1.29 is 9.59 Å². The van der Waals surface area contributed by atoms with E-state index in [0.717, 1.165) is 48.1 Å². The molecule has 2 heterocycles. The molecule has 1 aromatic heterocycles. The number of fused-ring (bicyclic) bond motifs is 1. The Balaban J connectivity index is 1.56. The topological polar surface area (TPSA) is 54.3 Å². The molecule has 1 aliphatic carbocycles. The lowest BCUT2D eigenvalue weighted by atomic mass is 9.92. The Morgan fingerprint density at radius 3 is 2.36 bits per heavy atom. The Morgan fingerprint density at radius 1 is 0.970 bits per heavy atom. The second kappa shape index (κ2) is 8.54. The molecular formula is C28H31N3O2. The number of carbonyl (C=O) groups excluding carboxylic acids is 2. The van der Waals surface area contributed by atoms with Crippen LogP contribution in [-0.2, 0) is 17.9 Å². The molecule has 0 radical (unpaired) electrons. The van der Waals surface area contributed by atoms with Crippen molar-refractivity contribution in [3.63, 3.8) is 0 Å². The number of nitrogens with one attached hydrogen (secondary N) is 1. The summed E-state index contributed by atoms with van der Waals surface area (Å²) in [6.07, 6.45) is 4.32. The van der Waals surface area contributed by atoms with Gasteiger partial charge in [0.05, 0.1) is 6.54 Å². The summed E-state index contributed by atoms with van der Waals surface area (Å²) >= 11 is 0. The van der Waals surface area contributed by atoms with Gasteiger partial charge in [0, 0.05) is 18.3 Å². The Morgan fingerprint density at radius 2 is 1.64 bits per heavy atom. The summed E-state index contributed by atoms with van der Waals surface area (Å²) < 4.78 is 2.03. The van der Waals surface area contributed by atoms with E-state index in [1.165, 1.54) is 0 Å². The van der Waals surface area contributed by atoms with E-state index in [4.69, 9.17) is 0 Å². The molecule has 3 aromatic rings. The number of hydrogen-bond donors (Lipinski definition) is 1. The quantitative estimate of drug-likeness (QED) is 0.610. The Hall–Kier alpha value is -3.34. The first kappa shape index (κ1) is 21.5. The average Bonchev–Trinajstić information content (AvgIpc) is 3.48. The molecule has 5 rings (SSSR count). The van der Waals surface area contributed by atoms with Crippen molar-refractivity contribution in [2.75, 3.05) is 0 Å². The van der Waals surface area contributed by atoms with E-state index >= 15 is 0 Å². The van der Waals surface area contributed by atoms with Crippen molar-refractivity contribution in [2.24, 2.45) is 0 Å². The number of rotatable bonds is 5. The lowest BCUT2D eigenvalue weighted by Gasteiger charge is -2.45. The van der Waals surface area contributed by atoms with Crippen molar-refractivity contribution in [3.05, 3.63) is 83.6 Å². The van der Waals surface area contributed by atoms with Gasteiger partial charge in [-0.25, -0.2) is 0 Å². The Kier molecular flexibility index (Phi) is 5.57. The van der Waals surface area contributed by atoms with Crippen LogP contribution < -0.4 is 5.32 Å². The first-order chi connectivity index (χ1) is 16.0. The van der Waals surface area contributed by atoms with Crippen LogP contribution in [0.15, 0.2) is 66.7 Å². The first-order valence-corrected chi connectivity index (χ1v) is 11.9. The van der Waals surface area contributed by atoms with E-state index in [1.807, 2.05) is 72.2 Å². The lowest BCUT2D eigenvalue weighted by molar-refractivity contribution is -0.133. The number of carbonyl (C=O) groups is 2. The van der Waals surface area contributed by atoms with Gasteiger partial charge in [0.1, 0.15) is 11.2 Å². The fourth-order valence-electron chi connectivity index (χ4n) is 5.25. The van der Waals surface area contributed by atoms with Gasteiger partial charge in [-0.1, -0.05) is 67.4 Å². The highest BCUT2D eigenvalue weighted by molar-refractivity contribution is 6.00. The lowest BCUT2D eigenvalue weighted by Crippen LogP contribution is -2.64. The van der Waals surface area contributed by atoms with E-state index in [1.54, 1.807) is 4.90 Å². The van der Waals surface area contributed by atoms with Gasteiger partial charge >= 0.3 is 0 Å². The van der Waals surface area contributed by atoms with Gasteiger partial charge in [-0.15, -0.1) is 0 Å². The highest BCUT2D eigenvalue weighted by Crippen LogP contribution is 2.35. The molecule has 1 atom stereocenters. The molecule has 1 fully saturated rings. The Labute approximate surface area is 195 Å². The summed E-state index contributed by atoms with van der Waals surface area (Å²) in [5.74, 6) is -0.162. The van der Waals surface area contributed by atoms with E-state index in [9.17, 15) is 9.59 Å². The molecule has 0 unspecified atom stereocenters. The SMILES string of the molecule is Cc1ccccc1CN1C(=O)c2ccc(-c3ccccc3)n2C[C@@]1(C)C(=O)NC1CCCC1. The van der Waals surface area contributed by atoms with E-state index in [0.29, 0.717) is 18.8 Å². The van der Waals surface area contributed by atoms with Gasteiger partial charge in [-0.3, -0.25) is 9.59 Å². The van der Waals surface area contributed by atoms with Crippen molar-refractivity contribution in [1.29, 1.82) is 0 Å². The normalized spacial score (nSPS) is 20.7. The van der Waals surface area contributed by atoms with Gasteiger partial charge in [-0.05, 0) is 55.5 Å². The van der Waals surface area contributed by atoms with Crippen LogP contribution in [0.3, 0.4) is 0 Å². The third-order valence-corrected chi connectivity index (χ3v) is 7.35. The molecule has 2 aliphatic rings. The minimum absolute atomic E-state index is 0.0605. The molecule has 33 heavy (non-hydrogen) atoms. The maximum atomic E-state index is 13.9. The van der Waals surface area contributed by atoms with Crippen LogP contribution in [0.25, 0.3) is 11.3 Å². The molecule has 0 bridgehead atoms. The molecule has 1 N–H and O–H groups in total. The number of amides is 2. The molecular weight excluding hydrogens is 410 g/mol. The zero-order chi connectivity index (χ0) is 23.0. The summed E-state index contributed by atoms with van der Waals surface area (Å²) in [5, 5.41) is 3.28. The second-order valence-corrected chi connectivity index (χ2v) is 9.60. The molecule has 170 valence electrons. The van der Waals surface area contributed by atoms with Crippen LogP contribution in [-0.4, -0.2) is 32.9 Å². The molecule has 1 saturated carbocycles. The third kappa shape index (κ3) is 3.86. The standard InChI is InChI=1S/C28H31N3O2/c1-20-10-6-7-13-22(20)18-31-26(32)25-17-16-24(21-11-4-3-5-12-21)30(25)19-28(31,2)27(33)29-23-14-8-9-15-23/h3-7,10-13,16-17,23H,8-9,14-15,18-19H2,1-2H3,(H,29,33)/t28-/m0/s1. The number of aromatic nitrogens is 1. The molecule has 2 aromatic carbocycles. The number of benzene rings is 2. The van der Waals surface area contributed by atoms with Gasteiger partial charge in [0.25, 0.3) is 5.91 Å². The van der Waals surface area contributed by atoms with Gasteiger partial charge in [-0.2, -0.15) is 0 Å². The number of aryl methyl sites for hydroxylation is 1. The zero-order valence-corrected chi connectivity index (χ0v) is 19.4. The minimum Gasteiger partial charge on any atom is -0.351 e. The molecule has 5 heteroatoms. The molecule has 0 spiro atoms. The molecule has 0 saturated heterocycles. The summed E-state index contributed by atoms with van der Waals surface area (Å²) in [4.78, 5) is 29.4. The van der Waals surface area contributed by atoms with Gasteiger partial charge < -0.3 is 14.8 Å². The number of hydrogen-bond acceptors (Lipinski definition) is 2. The fourth-order valence-corrected chi connectivity index (χ4v) is 5.25. The molecule has 1 aliphatic heterocycles. The maximum absolute atomic E-state index is 13.9. The largest absolute Gasteiger partial charge is 0.351 e. The smallest absolute Gasteiger partial charge is 0.271 e. The summed E-state index contributed by atoms with van der Waals surface area (Å²) in [6.45, 7) is 4.81. The van der Waals surface area contributed by atoms with E-state index in [-0.39, 0.29) is 17.9 Å². The van der Waals surface area contributed by atoms with Crippen molar-refractivity contribution >= 4 is 11.8 Å². The molecule has 2 amide bonds. The van der Waals surface area contributed by atoms with E-state index in [2.05, 4.69) is 18.3 Å². The minimum atomic E-state index is -0.989. The summed E-state index contributed by atoms with van der Waals surface area (Å²) in [7, 11) is 0. The van der Waals surface area contributed by atoms with Crippen molar-refractivity contribution in [2.45, 2.75) is 64.2 Å². The van der Waals surface area contributed by atoms with Crippen LogP contribution in [0.1, 0.15) is 54.2 Å². The summed E-state index contributed by atoms with van der Waals surface area (Å²) in [6, 6.07) is 22.2. The van der Waals surface area contributed by atoms with Crippen LogP contribution in [0, 0.1) is 6.92 Å². The number of nitrogens with zero attached hydrogens (tertiary/aromatic N) is 2. The highest BCUT2D eigenvalue weighted by atomic mass is 16.2. The maximum Gasteiger partial charge on any atom is 0.271 e. The predicted octanol–water partition coefficient (Wildman–Crippen LogP) is 4.94. The average molecular weight is 442 g/mol. The zero-order valence-electron chi connectivity index (χ0n) is 19.4. The van der Waals surface area contributed by atoms with Gasteiger partial charge in [0.15, 0.2) is 0 Å². The van der Waals surface area contributed by atoms with Crippen LogP contribution in [0.5, 0.6) is 0 Å². The second-order valence-electron chi connectivity index (χ2n) is 9.60. The highest BCUT2D eigenvalue weighted by Gasteiger charge is 2.48. The van der Waals surface area contributed by atoms with Gasteiger partial charge in [0.2, 0.25) is 5.91 Å². The summed E-state index contributed by atoms with van der Waals surface area (Å²) in [5.41, 5.74) is 3.84. The van der Waals surface area contributed by atoms with Crippen LogP contribution in [0.2, 0.25) is 0 Å². The van der Waals surface area contributed by atoms with E-state index < -0.39 is 5.54 Å². The predicted molar refractivity (Wildman–Crippen MR) is 130 cm³/mol.